The molecule has 0 bridgehead atoms. The summed E-state index contributed by atoms with van der Waals surface area (Å²) in [6.07, 6.45) is -14.4. The number of allylic oxidation sites excluding steroid dienone is 1. The first-order valence-corrected chi connectivity index (χ1v) is 3.14. The molecule has 88 valence electrons. The molecule has 0 aromatic carbocycles. The van der Waals surface area contributed by atoms with E-state index in [4.69, 9.17) is 0 Å². The molecule has 0 atom stereocenters. The van der Waals surface area contributed by atoms with E-state index in [0.717, 1.165) is 0 Å². The Labute approximate surface area is 78.0 Å². The number of carbonyl (C=O) groups excluding carboxylic acids is 1. The summed E-state index contributed by atoms with van der Waals surface area (Å²) in [4.78, 5) is 9.60. The molecule has 0 amide bonds. The zero-order valence-electron chi connectivity index (χ0n) is 6.62. The lowest BCUT2D eigenvalue weighted by Crippen LogP contribution is -2.51. The lowest BCUT2D eigenvalue weighted by molar-refractivity contribution is -0.322. The van der Waals surface area contributed by atoms with Crippen LogP contribution >= 0.6 is 0 Å². The highest BCUT2D eigenvalue weighted by atomic mass is 19.4. The molecule has 0 aromatic rings. The van der Waals surface area contributed by atoms with Gasteiger partial charge in [0, 0.05) is 0 Å². The minimum absolute atomic E-state index is 0.666. The number of halogens is 7. The second kappa shape index (κ2) is 3.70. The Morgan fingerprint density at radius 2 is 1.27 bits per heavy atom. The third-order valence-electron chi connectivity index (χ3n) is 1.27. The van der Waals surface area contributed by atoms with E-state index in [0.29, 0.717) is 0 Å². The predicted octanol–water partition coefficient (Wildman–Crippen LogP) is 1.13. The molecule has 0 aliphatic rings. The van der Waals surface area contributed by atoms with Crippen molar-refractivity contribution in [2.45, 2.75) is 18.0 Å². The van der Waals surface area contributed by atoms with Gasteiger partial charge in [-0.15, -0.1) is 0 Å². The molecule has 0 aliphatic heterocycles. The summed E-state index contributed by atoms with van der Waals surface area (Å²) in [7, 11) is 0. The zero-order chi connectivity index (χ0) is 12.5. The van der Waals surface area contributed by atoms with E-state index < -0.39 is 36.1 Å². The molecular formula is C6H2F7O2-. The number of carbonyl (C=O) groups is 1. The number of aliphatic carboxylic acids is 1. The first kappa shape index (κ1) is 13.7. The normalized spacial score (nSPS) is 14.6. The first-order chi connectivity index (χ1) is 6.42. The molecule has 2 nitrogen and oxygen atoms in total. The van der Waals surface area contributed by atoms with Gasteiger partial charge >= 0.3 is 18.0 Å². The van der Waals surface area contributed by atoms with Gasteiger partial charge < -0.3 is 9.90 Å². The zero-order valence-corrected chi connectivity index (χ0v) is 6.62. The van der Waals surface area contributed by atoms with Crippen molar-refractivity contribution >= 4 is 5.97 Å². The maximum atomic E-state index is 12.5. The van der Waals surface area contributed by atoms with Gasteiger partial charge in [0.2, 0.25) is 0 Å². The van der Waals surface area contributed by atoms with Crippen molar-refractivity contribution in [2.24, 2.45) is 0 Å². The number of carboxylic acids is 1. The molecular weight excluding hydrogens is 237 g/mol. The molecule has 0 aliphatic carbocycles. The van der Waals surface area contributed by atoms with Crippen LogP contribution in [0.1, 0.15) is 0 Å². The van der Waals surface area contributed by atoms with E-state index in [9.17, 15) is 40.6 Å². The second-order valence-electron chi connectivity index (χ2n) is 2.36. The summed E-state index contributed by atoms with van der Waals surface area (Å²) in [5.41, 5.74) is -5.69. The summed E-state index contributed by atoms with van der Waals surface area (Å²) in [5, 5.41) is 9.60. The Morgan fingerprint density at radius 3 is 1.47 bits per heavy atom. The van der Waals surface area contributed by atoms with Gasteiger partial charge in [0.25, 0.3) is 0 Å². The molecule has 0 fully saturated rings. The molecule has 0 heterocycles. The molecule has 0 spiro atoms. The van der Waals surface area contributed by atoms with Crippen LogP contribution in [0.3, 0.4) is 0 Å². The van der Waals surface area contributed by atoms with E-state index >= 15 is 0 Å². The minimum Gasteiger partial charge on any atom is -0.545 e. The summed E-state index contributed by atoms with van der Waals surface area (Å²) >= 11 is 0. The van der Waals surface area contributed by atoms with Crippen LogP contribution in [0, 0.1) is 0 Å². The average molecular weight is 239 g/mol. The highest BCUT2D eigenvalue weighted by Gasteiger charge is 2.71. The van der Waals surface area contributed by atoms with Crippen LogP contribution in [0.4, 0.5) is 30.7 Å². The third-order valence-corrected chi connectivity index (χ3v) is 1.27. The third kappa shape index (κ3) is 2.83. The van der Waals surface area contributed by atoms with Gasteiger partial charge in [-0.1, -0.05) is 0 Å². The van der Waals surface area contributed by atoms with Crippen LogP contribution in [0.15, 0.2) is 12.2 Å². The Balaban J connectivity index is 5.34. The second-order valence-corrected chi connectivity index (χ2v) is 2.36. The lowest BCUT2D eigenvalue weighted by Gasteiger charge is -2.26. The Morgan fingerprint density at radius 1 is 0.933 bits per heavy atom. The number of rotatable bonds is 2. The number of alkyl halides is 7. The molecule has 0 radical (unpaired) electrons. The fourth-order valence-corrected chi connectivity index (χ4v) is 0.533. The SMILES string of the molecule is O=C([O-])/C=C/C(F)(C(F)(F)F)C(F)(F)F. The maximum absolute atomic E-state index is 12.5. The summed E-state index contributed by atoms with van der Waals surface area (Å²) < 4.78 is 82.7. The highest BCUT2D eigenvalue weighted by Crippen LogP contribution is 2.46. The Hall–Kier alpha value is -1.28. The minimum atomic E-state index is -6.29. The first-order valence-electron chi connectivity index (χ1n) is 3.14. The van der Waals surface area contributed by atoms with E-state index in [1.165, 1.54) is 0 Å². The van der Waals surface area contributed by atoms with Crippen LogP contribution < -0.4 is 5.11 Å². The van der Waals surface area contributed by atoms with E-state index in [2.05, 4.69) is 0 Å². The van der Waals surface area contributed by atoms with Crippen LogP contribution in [-0.4, -0.2) is 24.0 Å². The smallest absolute Gasteiger partial charge is 0.435 e. The van der Waals surface area contributed by atoms with Crippen molar-refractivity contribution in [3.63, 3.8) is 0 Å². The maximum Gasteiger partial charge on any atom is 0.435 e. The number of hydrogen-bond donors (Lipinski definition) is 0. The number of carboxylic acid groups (broad SMARTS) is 1. The van der Waals surface area contributed by atoms with Gasteiger partial charge in [-0.2, -0.15) is 26.3 Å². The van der Waals surface area contributed by atoms with Crippen molar-refractivity contribution in [1.29, 1.82) is 0 Å². The summed E-state index contributed by atoms with van der Waals surface area (Å²) in [6.45, 7) is 0. The summed E-state index contributed by atoms with van der Waals surface area (Å²) in [6, 6.07) is 0. The van der Waals surface area contributed by atoms with Gasteiger partial charge in [-0.05, 0) is 12.2 Å². The van der Waals surface area contributed by atoms with Crippen molar-refractivity contribution in [3.8, 4) is 0 Å². The molecule has 15 heavy (non-hydrogen) atoms. The van der Waals surface area contributed by atoms with Crippen LogP contribution in [-0.2, 0) is 4.79 Å². The van der Waals surface area contributed by atoms with Gasteiger partial charge in [0.05, 0.1) is 5.97 Å². The summed E-state index contributed by atoms with van der Waals surface area (Å²) in [5.74, 6) is -2.37. The standard InChI is InChI=1S/C6H3F7O2/c7-4(5(8,9)10,6(11,12)13)2-1-3(14)15/h1-2H,(H,14,15)/p-1/b2-1+. The van der Waals surface area contributed by atoms with Gasteiger partial charge in [-0.3, -0.25) is 0 Å². The van der Waals surface area contributed by atoms with Gasteiger partial charge in [0.1, 0.15) is 0 Å². The molecule has 0 N–H and O–H groups in total. The van der Waals surface area contributed by atoms with Gasteiger partial charge in [-0.25, -0.2) is 4.39 Å². The molecule has 0 aromatic heterocycles. The quantitative estimate of drug-likeness (QED) is 0.535. The van der Waals surface area contributed by atoms with Crippen LogP contribution in [0.25, 0.3) is 0 Å². The molecule has 0 unspecified atom stereocenters. The molecule has 0 saturated heterocycles. The molecule has 9 heteroatoms. The van der Waals surface area contributed by atoms with Crippen molar-refractivity contribution in [2.75, 3.05) is 0 Å². The van der Waals surface area contributed by atoms with Crippen LogP contribution in [0.2, 0.25) is 0 Å². The fourth-order valence-electron chi connectivity index (χ4n) is 0.533. The monoisotopic (exact) mass is 239 g/mol. The Kier molecular flexibility index (Phi) is 3.39. The van der Waals surface area contributed by atoms with Gasteiger partial charge in [0.15, 0.2) is 0 Å². The average Bonchev–Trinajstić information content (AvgIpc) is 1.95. The van der Waals surface area contributed by atoms with Crippen molar-refractivity contribution < 1.29 is 40.6 Å². The van der Waals surface area contributed by atoms with E-state index in [-0.39, 0.29) is 0 Å². The topological polar surface area (TPSA) is 40.1 Å². The van der Waals surface area contributed by atoms with Crippen molar-refractivity contribution in [3.05, 3.63) is 12.2 Å². The Bertz CT molecular complexity index is 260. The predicted molar refractivity (Wildman–Crippen MR) is 30.1 cm³/mol. The molecule has 0 rings (SSSR count). The largest absolute Gasteiger partial charge is 0.545 e. The highest BCUT2D eigenvalue weighted by molar-refractivity contribution is 5.77. The fraction of sp³-hybridized carbons (Fsp3) is 0.500. The molecule has 0 saturated carbocycles. The van der Waals surface area contributed by atoms with E-state index in [1.807, 2.05) is 0 Å². The van der Waals surface area contributed by atoms with Crippen LogP contribution in [0.5, 0.6) is 0 Å². The number of hydrogen-bond acceptors (Lipinski definition) is 2. The lowest BCUT2D eigenvalue weighted by atomic mass is 10.0. The van der Waals surface area contributed by atoms with Crippen molar-refractivity contribution in [1.82, 2.24) is 0 Å². The van der Waals surface area contributed by atoms with E-state index in [1.54, 1.807) is 0 Å².